The van der Waals surface area contributed by atoms with Crippen LogP contribution in [0.25, 0.3) is 10.9 Å². The lowest BCUT2D eigenvalue weighted by Gasteiger charge is -2.29. The Balaban J connectivity index is 2.17. The minimum Gasteiger partial charge on any atom is -0.359 e. The third kappa shape index (κ3) is 2.66. The molecule has 1 aliphatic rings. The number of non-ortho nitro benzene ring substituents is 1. The number of hydrogen-bond acceptors (Lipinski definition) is 5. The molecule has 3 rings (SSSR count). The normalized spacial score (nSPS) is 17.3. The van der Waals surface area contributed by atoms with Crippen LogP contribution in [-0.4, -0.2) is 47.4 Å². The number of aryl methyl sites for hydroxylation is 1. The van der Waals surface area contributed by atoms with Crippen LogP contribution in [0.15, 0.2) is 24.3 Å². The summed E-state index contributed by atoms with van der Waals surface area (Å²) in [5.74, 6) is 0.0561. The number of nitrogens with zero attached hydrogens (tertiary/aromatic N) is 4. The van der Waals surface area contributed by atoms with Gasteiger partial charge in [0.25, 0.3) is 5.69 Å². The minimum absolute atomic E-state index is 0.00728. The Labute approximate surface area is 140 Å². The molecule has 0 N–H and O–H groups in total. The predicted molar refractivity (Wildman–Crippen MR) is 92.2 cm³/mol. The number of pyridine rings is 1. The summed E-state index contributed by atoms with van der Waals surface area (Å²) in [7, 11) is 3.50. The molecular formula is C17H20N4O3. The van der Waals surface area contributed by atoms with Crippen molar-refractivity contribution >= 4 is 28.2 Å². The van der Waals surface area contributed by atoms with Crippen LogP contribution in [0.4, 0.5) is 11.4 Å². The summed E-state index contributed by atoms with van der Waals surface area (Å²) in [6, 6.07) is 6.64. The molecule has 0 radical (unpaired) electrons. The number of para-hydroxylation sites is 1. The summed E-state index contributed by atoms with van der Waals surface area (Å²) in [5, 5.41) is 12.0. The number of aromatic nitrogens is 1. The van der Waals surface area contributed by atoms with E-state index in [-0.39, 0.29) is 17.6 Å². The summed E-state index contributed by atoms with van der Waals surface area (Å²) in [6.45, 7) is 2.57. The van der Waals surface area contributed by atoms with Gasteiger partial charge in [-0.1, -0.05) is 12.1 Å². The SMILES string of the molecule is Cc1cc(N2CCCC2C(=O)N(C)C)c2cccc([N+](=O)[O-])c2n1. The molecule has 1 aromatic carbocycles. The van der Waals surface area contributed by atoms with Gasteiger partial charge in [-0.15, -0.1) is 0 Å². The van der Waals surface area contributed by atoms with Crippen molar-refractivity contribution in [3.63, 3.8) is 0 Å². The van der Waals surface area contributed by atoms with E-state index in [1.165, 1.54) is 6.07 Å². The van der Waals surface area contributed by atoms with E-state index in [1.807, 2.05) is 19.1 Å². The van der Waals surface area contributed by atoms with Crippen molar-refractivity contribution in [1.29, 1.82) is 0 Å². The number of hydrogen-bond donors (Lipinski definition) is 0. The van der Waals surface area contributed by atoms with E-state index in [4.69, 9.17) is 0 Å². The summed E-state index contributed by atoms with van der Waals surface area (Å²) in [6.07, 6.45) is 1.71. The van der Waals surface area contributed by atoms with E-state index in [1.54, 1.807) is 25.1 Å². The van der Waals surface area contributed by atoms with Crippen LogP contribution in [0.5, 0.6) is 0 Å². The molecule has 1 unspecified atom stereocenters. The molecule has 0 aliphatic carbocycles. The quantitative estimate of drug-likeness (QED) is 0.639. The zero-order chi connectivity index (χ0) is 17.4. The molecule has 1 aromatic heterocycles. The van der Waals surface area contributed by atoms with Gasteiger partial charge in [0, 0.05) is 43.5 Å². The fourth-order valence-corrected chi connectivity index (χ4v) is 3.33. The van der Waals surface area contributed by atoms with Gasteiger partial charge in [0.05, 0.1) is 4.92 Å². The average Bonchev–Trinajstić information content (AvgIpc) is 3.01. The first-order valence-corrected chi connectivity index (χ1v) is 7.92. The number of fused-ring (bicyclic) bond motifs is 1. The van der Waals surface area contributed by atoms with Crippen LogP contribution in [-0.2, 0) is 4.79 Å². The summed E-state index contributed by atoms with van der Waals surface area (Å²) in [5.41, 5.74) is 1.92. The number of carbonyl (C=O) groups is 1. The van der Waals surface area contributed by atoms with Crippen LogP contribution in [0.1, 0.15) is 18.5 Å². The standard InChI is InChI=1S/C17H20N4O3/c1-11-10-15(20-9-5-8-14(20)17(22)19(2)3)12-6-4-7-13(21(23)24)16(12)18-11/h4,6-7,10,14H,5,8-9H2,1-3H3. The van der Waals surface area contributed by atoms with Gasteiger partial charge in [-0.05, 0) is 25.8 Å². The highest BCUT2D eigenvalue weighted by Gasteiger charge is 2.33. The van der Waals surface area contributed by atoms with Crippen LogP contribution >= 0.6 is 0 Å². The molecule has 1 fully saturated rings. The molecule has 7 nitrogen and oxygen atoms in total. The number of anilines is 1. The number of nitro groups is 1. The fourth-order valence-electron chi connectivity index (χ4n) is 3.33. The molecule has 1 amide bonds. The van der Waals surface area contributed by atoms with Gasteiger partial charge < -0.3 is 9.80 Å². The zero-order valence-corrected chi connectivity index (χ0v) is 14.0. The Morgan fingerprint density at radius 2 is 2.17 bits per heavy atom. The first kappa shape index (κ1) is 16.2. The van der Waals surface area contributed by atoms with Gasteiger partial charge in [0.15, 0.2) is 5.52 Å². The maximum absolute atomic E-state index is 12.5. The summed E-state index contributed by atoms with van der Waals surface area (Å²) >= 11 is 0. The monoisotopic (exact) mass is 328 g/mol. The first-order chi connectivity index (χ1) is 11.4. The topological polar surface area (TPSA) is 79.6 Å². The number of rotatable bonds is 3. The second-order valence-electron chi connectivity index (χ2n) is 6.30. The summed E-state index contributed by atoms with van der Waals surface area (Å²) < 4.78 is 0. The predicted octanol–water partition coefficient (Wildman–Crippen LogP) is 2.51. The van der Waals surface area contributed by atoms with Gasteiger partial charge in [-0.25, -0.2) is 4.98 Å². The zero-order valence-electron chi connectivity index (χ0n) is 14.0. The molecule has 1 aliphatic heterocycles. The Hall–Kier alpha value is -2.70. The van der Waals surface area contributed by atoms with Gasteiger partial charge in [-0.2, -0.15) is 0 Å². The van der Waals surface area contributed by atoms with Crippen molar-refractivity contribution in [3.8, 4) is 0 Å². The van der Waals surface area contributed by atoms with Crippen molar-refractivity contribution < 1.29 is 9.72 Å². The van der Waals surface area contributed by atoms with Crippen molar-refractivity contribution in [1.82, 2.24) is 9.88 Å². The van der Waals surface area contributed by atoms with Crippen LogP contribution < -0.4 is 4.90 Å². The second-order valence-corrected chi connectivity index (χ2v) is 6.30. The van der Waals surface area contributed by atoms with E-state index in [2.05, 4.69) is 9.88 Å². The minimum atomic E-state index is -0.412. The Morgan fingerprint density at radius 3 is 2.83 bits per heavy atom. The lowest BCUT2D eigenvalue weighted by molar-refractivity contribution is -0.383. The van der Waals surface area contributed by atoms with E-state index in [0.717, 1.165) is 25.1 Å². The highest BCUT2D eigenvalue weighted by atomic mass is 16.6. The maximum atomic E-state index is 12.5. The number of benzene rings is 1. The molecular weight excluding hydrogens is 308 g/mol. The van der Waals surface area contributed by atoms with Crippen LogP contribution in [0, 0.1) is 17.0 Å². The van der Waals surface area contributed by atoms with E-state index < -0.39 is 4.92 Å². The van der Waals surface area contributed by atoms with Crippen molar-refractivity contribution in [2.45, 2.75) is 25.8 Å². The first-order valence-electron chi connectivity index (χ1n) is 7.92. The van der Waals surface area contributed by atoms with Crippen molar-refractivity contribution in [2.75, 3.05) is 25.5 Å². The third-order valence-electron chi connectivity index (χ3n) is 4.41. The highest BCUT2D eigenvalue weighted by molar-refractivity contribution is 5.99. The van der Waals surface area contributed by atoms with Crippen molar-refractivity contribution in [3.05, 3.63) is 40.1 Å². The van der Waals surface area contributed by atoms with E-state index in [9.17, 15) is 14.9 Å². The van der Waals surface area contributed by atoms with E-state index >= 15 is 0 Å². The highest BCUT2D eigenvalue weighted by Crippen LogP contribution is 2.35. The largest absolute Gasteiger partial charge is 0.359 e. The number of nitro benzene ring substituents is 1. The number of amides is 1. The molecule has 0 bridgehead atoms. The maximum Gasteiger partial charge on any atom is 0.295 e. The summed E-state index contributed by atoms with van der Waals surface area (Å²) in [4.78, 5) is 31.4. The van der Waals surface area contributed by atoms with Crippen molar-refractivity contribution in [2.24, 2.45) is 0 Å². The van der Waals surface area contributed by atoms with E-state index in [0.29, 0.717) is 16.6 Å². The Morgan fingerprint density at radius 1 is 1.42 bits per heavy atom. The molecule has 0 saturated carbocycles. The van der Waals surface area contributed by atoms with Gasteiger partial charge >= 0.3 is 0 Å². The van der Waals surface area contributed by atoms with Crippen LogP contribution in [0.2, 0.25) is 0 Å². The number of likely N-dealkylation sites (N-methyl/N-ethyl adjacent to an activating group) is 1. The number of carbonyl (C=O) groups excluding carboxylic acids is 1. The second kappa shape index (κ2) is 6.07. The molecule has 0 spiro atoms. The molecule has 1 saturated heterocycles. The molecule has 1 atom stereocenters. The van der Waals surface area contributed by atoms with Gasteiger partial charge in [-0.3, -0.25) is 14.9 Å². The molecule has 2 aromatic rings. The molecule has 7 heteroatoms. The third-order valence-corrected chi connectivity index (χ3v) is 4.41. The Bertz CT molecular complexity index is 819. The van der Waals surface area contributed by atoms with Gasteiger partial charge in [0.2, 0.25) is 5.91 Å². The molecule has 24 heavy (non-hydrogen) atoms. The molecule has 126 valence electrons. The molecule has 2 heterocycles. The lowest BCUT2D eigenvalue weighted by atomic mass is 10.1. The van der Waals surface area contributed by atoms with Crippen LogP contribution in [0.3, 0.4) is 0 Å². The Kier molecular flexibility index (Phi) is 4.09. The fraction of sp³-hybridized carbons (Fsp3) is 0.412. The average molecular weight is 328 g/mol. The lowest BCUT2D eigenvalue weighted by Crippen LogP contribution is -2.42. The smallest absolute Gasteiger partial charge is 0.295 e. The van der Waals surface area contributed by atoms with Gasteiger partial charge in [0.1, 0.15) is 6.04 Å².